The van der Waals surface area contributed by atoms with Crippen molar-refractivity contribution in [3.8, 4) is 28.6 Å². The first-order chi connectivity index (χ1) is 19.7. The third kappa shape index (κ3) is 4.62. The first kappa shape index (κ1) is 26.9. The molecule has 210 valence electrons. The quantitative estimate of drug-likeness (QED) is 0.154. The lowest BCUT2D eigenvalue weighted by Crippen LogP contribution is -2.32. The van der Waals surface area contributed by atoms with Crippen molar-refractivity contribution in [3.05, 3.63) is 89.1 Å². The number of H-pyrrole nitrogens is 2. The highest BCUT2D eigenvalue weighted by molar-refractivity contribution is 7.28. The van der Waals surface area contributed by atoms with E-state index in [0.717, 1.165) is 22.1 Å². The summed E-state index contributed by atoms with van der Waals surface area (Å²) in [7, 11) is 2.60. The lowest BCUT2D eigenvalue weighted by Gasteiger charge is -2.36. The number of aliphatic carboxylic acids is 1. The van der Waals surface area contributed by atoms with E-state index in [2.05, 4.69) is 31.1 Å². The van der Waals surface area contributed by atoms with Gasteiger partial charge in [-0.2, -0.15) is 4.39 Å². The summed E-state index contributed by atoms with van der Waals surface area (Å²) in [5.74, 6) is -4.08. The second kappa shape index (κ2) is 10.3. The van der Waals surface area contributed by atoms with E-state index in [-0.39, 0.29) is 23.1 Å². The number of aromatic amines is 2. The fourth-order valence-corrected chi connectivity index (χ4v) is 5.63. The van der Waals surface area contributed by atoms with Gasteiger partial charge in [-0.1, -0.05) is 24.3 Å². The monoisotopic (exact) mass is 579 g/mol. The van der Waals surface area contributed by atoms with Crippen LogP contribution in [0, 0.1) is 17.5 Å². The van der Waals surface area contributed by atoms with E-state index in [1.165, 1.54) is 18.3 Å². The SMILES string of the molecule is CC1(c2cnc(-c3cc(Oc4c(F)c(F)c5[nH]ccc5c4F)ccc3P)[nH]2)CCOc2c(CCC(=O)O)cccc21. The molecule has 0 bridgehead atoms. The summed E-state index contributed by atoms with van der Waals surface area (Å²) < 4.78 is 55.8. The van der Waals surface area contributed by atoms with Crippen molar-refractivity contribution in [1.29, 1.82) is 0 Å². The van der Waals surface area contributed by atoms with Gasteiger partial charge in [-0.3, -0.25) is 4.79 Å². The van der Waals surface area contributed by atoms with Crippen molar-refractivity contribution in [1.82, 2.24) is 15.0 Å². The second-order valence-electron chi connectivity index (χ2n) is 10.2. The van der Waals surface area contributed by atoms with E-state index < -0.39 is 34.6 Å². The molecular formula is C30H25F3N3O4P. The molecule has 5 aromatic rings. The predicted molar refractivity (Wildman–Crippen MR) is 151 cm³/mol. The summed E-state index contributed by atoms with van der Waals surface area (Å²) in [4.78, 5) is 21.6. The maximum atomic E-state index is 15.0. The maximum Gasteiger partial charge on any atom is 0.303 e. The van der Waals surface area contributed by atoms with E-state index in [9.17, 15) is 13.6 Å². The van der Waals surface area contributed by atoms with E-state index >= 15 is 4.39 Å². The normalized spacial score (nSPS) is 16.4. The van der Waals surface area contributed by atoms with E-state index in [0.29, 0.717) is 36.6 Å². The Bertz CT molecular complexity index is 1820. The molecule has 0 fully saturated rings. The van der Waals surface area contributed by atoms with Crippen LogP contribution in [0.1, 0.15) is 36.6 Å². The molecule has 11 heteroatoms. The highest BCUT2D eigenvalue weighted by atomic mass is 31.0. The van der Waals surface area contributed by atoms with Gasteiger partial charge in [0, 0.05) is 46.4 Å². The molecule has 41 heavy (non-hydrogen) atoms. The number of benzene rings is 3. The fourth-order valence-electron chi connectivity index (χ4n) is 5.31. The summed E-state index contributed by atoms with van der Waals surface area (Å²) in [5, 5.41) is 9.78. The Morgan fingerprint density at radius 2 is 2.00 bits per heavy atom. The van der Waals surface area contributed by atoms with Crippen LogP contribution in [0.25, 0.3) is 22.3 Å². The van der Waals surface area contributed by atoms with Crippen LogP contribution in [0.3, 0.4) is 0 Å². The van der Waals surface area contributed by atoms with E-state index in [1.807, 2.05) is 18.2 Å². The van der Waals surface area contributed by atoms with Crippen LogP contribution in [-0.4, -0.2) is 32.6 Å². The van der Waals surface area contributed by atoms with Gasteiger partial charge in [0.05, 0.1) is 12.1 Å². The van der Waals surface area contributed by atoms with Gasteiger partial charge in [0.1, 0.15) is 17.3 Å². The Morgan fingerprint density at radius 1 is 1.17 bits per heavy atom. The maximum absolute atomic E-state index is 15.0. The molecule has 0 spiro atoms. The number of carboxylic acid groups (broad SMARTS) is 1. The molecule has 0 radical (unpaired) electrons. The number of hydrogen-bond donors (Lipinski definition) is 3. The Labute approximate surface area is 234 Å². The number of aryl methyl sites for hydroxylation is 1. The van der Waals surface area contributed by atoms with E-state index in [1.54, 1.807) is 18.3 Å². The van der Waals surface area contributed by atoms with Crippen LogP contribution in [0.2, 0.25) is 0 Å². The fraction of sp³-hybridized carbons (Fsp3) is 0.200. The molecule has 3 heterocycles. The average molecular weight is 580 g/mol. The minimum atomic E-state index is -1.43. The number of carbonyl (C=O) groups is 1. The van der Waals surface area contributed by atoms with E-state index in [4.69, 9.17) is 14.6 Å². The number of para-hydroxylation sites is 1. The number of nitrogens with zero attached hydrogens (tertiary/aromatic N) is 1. The van der Waals surface area contributed by atoms with Gasteiger partial charge < -0.3 is 24.5 Å². The summed E-state index contributed by atoms with van der Waals surface area (Å²) in [6.45, 7) is 2.52. The Kier molecular flexibility index (Phi) is 6.74. The van der Waals surface area contributed by atoms with Gasteiger partial charge >= 0.3 is 5.97 Å². The van der Waals surface area contributed by atoms with Crippen LogP contribution >= 0.6 is 9.24 Å². The third-order valence-corrected chi connectivity index (χ3v) is 8.12. The summed E-state index contributed by atoms with van der Waals surface area (Å²) >= 11 is 0. The van der Waals surface area contributed by atoms with Crippen LogP contribution in [0.15, 0.2) is 54.9 Å². The largest absolute Gasteiger partial charge is 0.493 e. The van der Waals surface area contributed by atoms with Crippen molar-refractivity contribution in [3.63, 3.8) is 0 Å². The smallest absolute Gasteiger partial charge is 0.303 e. The van der Waals surface area contributed by atoms with Crippen LogP contribution in [0.4, 0.5) is 13.2 Å². The number of carboxylic acids is 1. The first-order valence-electron chi connectivity index (χ1n) is 12.9. The third-order valence-electron chi connectivity index (χ3n) is 7.61. The lowest BCUT2D eigenvalue weighted by atomic mass is 9.74. The topological polar surface area (TPSA) is 100 Å². The standard InChI is InChI=1S/C30H25F3N3O4P/c1-30(10-12-39-27-15(5-8-22(37)38)3-2-4-19(27)30)21-14-35-29(36-21)18-13-16(6-7-20(18)41)40-28-23(31)17-9-11-34-26(17)24(32)25(28)33/h2-4,6-7,9,11,13-14,34H,5,8,10,12,41H2,1H3,(H,35,36)(H,37,38). The summed E-state index contributed by atoms with van der Waals surface area (Å²) in [6, 6.07) is 11.9. The molecule has 2 atom stereocenters. The molecule has 1 aliphatic heterocycles. The number of rotatable bonds is 7. The highest BCUT2D eigenvalue weighted by Crippen LogP contribution is 2.45. The predicted octanol–water partition coefficient (Wildman–Crippen LogP) is 6.37. The molecule has 0 saturated heterocycles. The number of nitrogens with one attached hydrogen (secondary N) is 2. The summed E-state index contributed by atoms with van der Waals surface area (Å²) in [5.41, 5.74) is 2.42. The minimum Gasteiger partial charge on any atom is -0.493 e. The minimum absolute atomic E-state index is 0.000422. The van der Waals surface area contributed by atoms with Crippen molar-refractivity contribution in [2.24, 2.45) is 0 Å². The molecule has 3 N–H and O–H groups in total. The van der Waals surface area contributed by atoms with Gasteiger partial charge in [-0.15, -0.1) is 9.24 Å². The number of fused-ring (bicyclic) bond motifs is 2. The van der Waals surface area contributed by atoms with Gasteiger partial charge in [0.15, 0.2) is 11.6 Å². The number of hydrogen-bond acceptors (Lipinski definition) is 4. The molecule has 0 saturated carbocycles. The average Bonchev–Trinajstić information content (AvgIpc) is 3.65. The molecule has 3 aromatic carbocycles. The van der Waals surface area contributed by atoms with Crippen LogP contribution in [-0.2, 0) is 16.6 Å². The van der Waals surface area contributed by atoms with Crippen molar-refractivity contribution < 1.29 is 32.5 Å². The molecule has 2 aromatic heterocycles. The molecule has 6 rings (SSSR count). The van der Waals surface area contributed by atoms with Gasteiger partial charge in [-0.25, -0.2) is 13.8 Å². The van der Waals surface area contributed by atoms with Crippen LogP contribution < -0.4 is 14.8 Å². The Balaban J connectivity index is 1.34. The molecule has 1 aliphatic rings. The number of halogens is 3. The Hall–Kier alpha value is -4.30. The highest BCUT2D eigenvalue weighted by Gasteiger charge is 2.37. The van der Waals surface area contributed by atoms with Gasteiger partial charge in [0.25, 0.3) is 0 Å². The lowest BCUT2D eigenvalue weighted by molar-refractivity contribution is -0.136. The number of ether oxygens (including phenoxy) is 2. The van der Waals surface area contributed by atoms with Gasteiger partial charge in [0.2, 0.25) is 11.6 Å². The summed E-state index contributed by atoms with van der Waals surface area (Å²) in [6.07, 6.45) is 4.07. The molecule has 2 unspecified atom stereocenters. The Morgan fingerprint density at radius 3 is 2.80 bits per heavy atom. The molecular weight excluding hydrogens is 554 g/mol. The zero-order valence-electron chi connectivity index (χ0n) is 21.9. The second-order valence-corrected chi connectivity index (χ2v) is 10.8. The number of aromatic nitrogens is 3. The molecule has 0 aliphatic carbocycles. The van der Waals surface area contributed by atoms with Gasteiger partial charge in [-0.05, 0) is 48.8 Å². The zero-order valence-corrected chi connectivity index (χ0v) is 23.0. The van der Waals surface area contributed by atoms with Crippen molar-refractivity contribution in [2.45, 2.75) is 31.6 Å². The van der Waals surface area contributed by atoms with Crippen LogP contribution in [0.5, 0.6) is 17.2 Å². The van der Waals surface area contributed by atoms with Crippen molar-refractivity contribution in [2.75, 3.05) is 6.61 Å². The first-order valence-corrected chi connectivity index (χ1v) is 13.5. The molecule has 0 amide bonds. The molecule has 7 nitrogen and oxygen atoms in total. The zero-order chi connectivity index (χ0) is 28.9. The number of imidazole rings is 1. The van der Waals surface area contributed by atoms with Crippen molar-refractivity contribution >= 4 is 31.4 Å².